The number of aromatic amines is 1. The van der Waals surface area contributed by atoms with Gasteiger partial charge in [-0.3, -0.25) is 4.79 Å². The van der Waals surface area contributed by atoms with Crippen LogP contribution in [0.4, 0.5) is 0 Å². The summed E-state index contributed by atoms with van der Waals surface area (Å²) in [7, 11) is 0. The lowest BCUT2D eigenvalue weighted by Gasteiger charge is -2.38. The number of carbonyl (C=O) groups excluding carboxylic acids is 1. The van der Waals surface area contributed by atoms with E-state index >= 15 is 0 Å². The van der Waals surface area contributed by atoms with E-state index in [0.29, 0.717) is 11.6 Å². The molecule has 1 saturated carbocycles. The summed E-state index contributed by atoms with van der Waals surface area (Å²) in [5.41, 5.74) is 0.0783. The molecule has 3 N–H and O–H groups in total. The van der Waals surface area contributed by atoms with E-state index in [1.54, 1.807) is 12.3 Å². The molecule has 5 heteroatoms. The van der Waals surface area contributed by atoms with Crippen LogP contribution in [0.1, 0.15) is 43.1 Å². The smallest absolute Gasteiger partial charge is 0.268 e. The predicted octanol–water partition coefficient (Wildman–Crippen LogP) is 2.45. The molecule has 1 amide bonds. The number of H-pyrrole nitrogens is 1. The van der Waals surface area contributed by atoms with E-state index in [1.165, 1.54) is 0 Å². The van der Waals surface area contributed by atoms with Gasteiger partial charge < -0.3 is 15.4 Å². The van der Waals surface area contributed by atoms with Gasteiger partial charge in [-0.15, -0.1) is 0 Å². The van der Waals surface area contributed by atoms with E-state index < -0.39 is 5.54 Å². The molecule has 0 atom stereocenters. The molecule has 1 heterocycles. The summed E-state index contributed by atoms with van der Waals surface area (Å²) < 4.78 is 0.850. The minimum atomic E-state index is -0.443. The number of aromatic nitrogens is 1. The SMILES string of the molecule is CC1CCC(CO)(NC(=O)c2cc(Br)c[nH]2)CC1. The van der Waals surface area contributed by atoms with Crippen LogP contribution < -0.4 is 5.32 Å². The van der Waals surface area contributed by atoms with Crippen LogP contribution in [0.3, 0.4) is 0 Å². The molecule has 1 aliphatic carbocycles. The fraction of sp³-hybridized carbons (Fsp3) is 0.615. The highest BCUT2D eigenvalue weighted by Crippen LogP contribution is 2.31. The Balaban J connectivity index is 2.04. The maximum Gasteiger partial charge on any atom is 0.268 e. The largest absolute Gasteiger partial charge is 0.394 e. The number of hydrogen-bond acceptors (Lipinski definition) is 2. The van der Waals surface area contributed by atoms with Gasteiger partial charge in [0.05, 0.1) is 12.1 Å². The van der Waals surface area contributed by atoms with E-state index in [-0.39, 0.29) is 12.5 Å². The van der Waals surface area contributed by atoms with E-state index in [0.717, 1.165) is 30.2 Å². The van der Waals surface area contributed by atoms with Crippen molar-refractivity contribution < 1.29 is 9.90 Å². The molecule has 0 bridgehead atoms. The number of aliphatic hydroxyl groups is 1. The molecule has 2 rings (SSSR count). The van der Waals surface area contributed by atoms with Crippen molar-refractivity contribution in [2.45, 2.75) is 38.1 Å². The Kier molecular flexibility index (Phi) is 4.12. The number of hydrogen-bond donors (Lipinski definition) is 3. The monoisotopic (exact) mass is 314 g/mol. The van der Waals surface area contributed by atoms with Crippen LogP contribution in [0.15, 0.2) is 16.7 Å². The summed E-state index contributed by atoms with van der Waals surface area (Å²) in [6.07, 6.45) is 5.52. The second kappa shape index (κ2) is 5.45. The number of rotatable bonds is 3. The summed E-state index contributed by atoms with van der Waals surface area (Å²) in [6, 6.07) is 1.74. The van der Waals surface area contributed by atoms with Gasteiger partial charge in [0.15, 0.2) is 0 Å². The molecule has 1 aromatic rings. The predicted molar refractivity (Wildman–Crippen MR) is 73.4 cm³/mol. The van der Waals surface area contributed by atoms with Gasteiger partial charge in [0.1, 0.15) is 5.69 Å². The first-order valence-corrected chi connectivity index (χ1v) is 7.11. The number of nitrogens with one attached hydrogen (secondary N) is 2. The summed E-state index contributed by atoms with van der Waals surface area (Å²) in [6.45, 7) is 2.22. The van der Waals surface area contributed by atoms with Gasteiger partial charge in [-0.05, 0) is 53.6 Å². The lowest BCUT2D eigenvalue weighted by molar-refractivity contribution is 0.0713. The molecular formula is C13H19BrN2O2. The minimum absolute atomic E-state index is 0.00728. The van der Waals surface area contributed by atoms with Gasteiger partial charge in [0.2, 0.25) is 0 Å². The Morgan fingerprint density at radius 2 is 2.28 bits per heavy atom. The van der Waals surface area contributed by atoms with Crippen molar-refractivity contribution in [3.63, 3.8) is 0 Å². The average Bonchev–Trinajstić information content (AvgIpc) is 2.79. The zero-order chi connectivity index (χ0) is 13.2. The van der Waals surface area contributed by atoms with E-state index in [4.69, 9.17) is 0 Å². The van der Waals surface area contributed by atoms with Crippen molar-refractivity contribution in [3.05, 3.63) is 22.4 Å². The van der Waals surface area contributed by atoms with Crippen LogP contribution >= 0.6 is 15.9 Å². The molecule has 0 aliphatic heterocycles. The molecule has 4 nitrogen and oxygen atoms in total. The number of halogens is 1. The standard InChI is InChI=1S/C13H19BrN2O2/c1-9-2-4-13(8-17,5-3-9)16-12(18)11-6-10(14)7-15-11/h6-7,9,15,17H,2-5,8H2,1H3,(H,16,18). The van der Waals surface area contributed by atoms with E-state index in [9.17, 15) is 9.90 Å². The van der Waals surface area contributed by atoms with Crippen molar-refractivity contribution in [2.24, 2.45) is 5.92 Å². The molecule has 1 aliphatic rings. The van der Waals surface area contributed by atoms with Crippen molar-refractivity contribution >= 4 is 21.8 Å². The van der Waals surface area contributed by atoms with E-state index in [2.05, 4.69) is 33.2 Å². The Labute approximate surface area is 115 Å². The highest BCUT2D eigenvalue weighted by atomic mass is 79.9. The first-order valence-electron chi connectivity index (χ1n) is 6.32. The first kappa shape index (κ1) is 13.6. The third-order valence-electron chi connectivity index (χ3n) is 3.81. The summed E-state index contributed by atoms with van der Waals surface area (Å²) in [4.78, 5) is 15.0. The zero-order valence-corrected chi connectivity index (χ0v) is 12.1. The van der Waals surface area contributed by atoms with Gasteiger partial charge in [0.25, 0.3) is 5.91 Å². The lowest BCUT2D eigenvalue weighted by Crippen LogP contribution is -2.53. The summed E-state index contributed by atoms with van der Waals surface area (Å²) >= 11 is 3.30. The van der Waals surface area contributed by atoms with Gasteiger partial charge in [-0.2, -0.15) is 0 Å². The molecule has 1 aromatic heterocycles. The van der Waals surface area contributed by atoms with Crippen molar-refractivity contribution in [3.8, 4) is 0 Å². The van der Waals surface area contributed by atoms with Crippen LogP contribution in [0.25, 0.3) is 0 Å². The molecule has 0 aromatic carbocycles. The summed E-state index contributed by atoms with van der Waals surface area (Å²) in [5, 5.41) is 12.6. The molecule has 0 radical (unpaired) electrons. The number of carbonyl (C=O) groups is 1. The Morgan fingerprint density at radius 1 is 1.61 bits per heavy atom. The highest BCUT2D eigenvalue weighted by Gasteiger charge is 2.35. The minimum Gasteiger partial charge on any atom is -0.394 e. The lowest BCUT2D eigenvalue weighted by atomic mass is 9.77. The van der Waals surface area contributed by atoms with Crippen LogP contribution in [-0.2, 0) is 0 Å². The van der Waals surface area contributed by atoms with Crippen LogP contribution in [0, 0.1) is 5.92 Å². The molecule has 0 saturated heterocycles. The van der Waals surface area contributed by atoms with Gasteiger partial charge in [-0.25, -0.2) is 0 Å². The summed E-state index contributed by atoms with van der Waals surface area (Å²) in [5.74, 6) is 0.533. The van der Waals surface area contributed by atoms with Crippen LogP contribution in [-0.4, -0.2) is 28.1 Å². The van der Waals surface area contributed by atoms with Gasteiger partial charge in [0, 0.05) is 10.7 Å². The first-order chi connectivity index (χ1) is 8.54. The second-order valence-corrected chi connectivity index (χ2v) is 6.22. The maximum atomic E-state index is 12.1. The maximum absolute atomic E-state index is 12.1. The fourth-order valence-corrected chi connectivity index (χ4v) is 2.79. The van der Waals surface area contributed by atoms with Crippen molar-refractivity contribution in [2.75, 3.05) is 6.61 Å². The third-order valence-corrected chi connectivity index (χ3v) is 4.26. The van der Waals surface area contributed by atoms with Crippen LogP contribution in [0.2, 0.25) is 0 Å². The van der Waals surface area contributed by atoms with Gasteiger partial charge in [-0.1, -0.05) is 6.92 Å². The highest BCUT2D eigenvalue weighted by molar-refractivity contribution is 9.10. The molecular weight excluding hydrogens is 296 g/mol. The Bertz CT molecular complexity index is 422. The second-order valence-electron chi connectivity index (χ2n) is 5.31. The quantitative estimate of drug-likeness (QED) is 0.802. The fourth-order valence-electron chi connectivity index (χ4n) is 2.44. The molecule has 18 heavy (non-hydrogen) atoms. The molecule has 100 valence electrons. The zero-order valence-electron chi connectivity index (χ0n) is 10.5. The topological polar surface area (TPSA) is 65.1 Å². The number of amides is 1. The average molecular weight is 315 g/mol. The van der Waals surface area contributed by atoms with Crippen molar-refractivity contribution in [1.82, 2.24) is 10.3 Å². The molecule has 1 fully saturated rings. The van der Waals surface area contributed by atoms with E-state index in [1.807, 2.05) is 0 Å². The van der Waals surface area contributed by atoms with Crippen LogP contribution in [0.5, 0.6) is 0 Å². The Hall–Kier alpha value is -0.810. The number of aliphatic hydroxyl groups excluding tert-OH is 1. The Morgan fingerprint density at radius 3 is 2.78 bits per heavy atom. The molecule has 0 unspecified atom stereocenters. The molecule has 0 spiro atoms. The van der Waals surface area contributed by atoms with Gasteiger partial charge >= 0.3 is 0 Å². The normalized spacial score (nSPS) is 28.1. The van der Waals surface area contributed by atoms with Crippen molar-refractivity contribution in [1.29, 1.82) is 0 Å². The third kappa shape index (κ3) is 2.95.